The maximum Gasteiger partial charge on any atom is 0.491 e. The fraction of sp³-hybridized carbons (Fsp3) is 0.407. The molecule has 0 saturated carbocycles. The number of amides is 2. The first-order valence-electron chi connectivity index (χ1n) is 13.1. The average Bonchev–Trinajstić information content (AvgIpc) is 3.22. The van der Waals surface area contributed by atoms with Gasteiger partial charge in [-0.3, -0.25) is 14.3 Å². The van der Waals surface area contributed by atoms with Gasteiger partial charge in [0.1, 0.15) is 28.1 Å². The van der Waals surface area contributed by atoms with Crippen LogP contribution >= 0.6 is 0 Å². The number of methoxy groups -OCH3 is 1. The molecule has 0 radical (unpaired) electrons. The van der Waals surface area contributed by atoms with E-state index in [0.29, 0.717) is 24.8 Å². The Kier molecular flexibility index (Phi) is 11.3. The Bertz CT molecular complexity index is 1520. The lowest BCUT2D eigenvalue weighted by molar-refractivity contribution is -0.189. The highest BCUT2D eigenvalue weighted by molar-refractivity contribution is 7.90. The third-order valence-corrected chi connectivity index (χ3v) is 8.08. The Labute approximate surface area is 249 Å². The first kappa shape index (κ1) is 34.2. The number of carbonyl (C=O) groups excluding carboxylic acids is 4. The van der Waals surface area contributed by atoms with Crippen molar-refractivity contribution in [2.75, 3.05) is 20.3 Å². The number of unbranched alkanes of at least 4 members (excludes halogenated alkanes) is 2. The van der Waals surface area contributed by atoms with Crippen molar-refractivity contribution in [3.05, 3.63) is 58.9 Å². The summed E-state index contributed by atoms with van der Waals surface area (Å²) in [7, 11) is -3.02. The van der Waals surface area contributed by atoms with Gasteiger partial charge in [0.2, 0.25) is 21.8 Å². The summed E-state index contributed by atoms with van der Waals surface area (Å²) in [6, 6.07) is 6.26. The number of sulfonamides is 1. The van der Waals surface area contributed by atoms with Crippen LogP contribution < -0.4 is 25.2 Å². The molecular formula is C27H29F4N3O9S. The minimum absolute atomic E-state index is 0.0298. The van der Waals surface area contributed by atoms with Crippen LogP contribution in [0, 0.1) is 5.82 Å². The van der Waals surface area contributed by atoms with Crippen LogP contribution in [0.25, 0.3) is 0 Å². The van der Waals surface area contributed by atoms with Gasteiger partial charge >= 0.3 is 18.1 Å². The van der Waals surface area contributed by atoms with E-state index in [9.17, 15) is 45.2 Å². The third kappa shape index (κ3) is 8.89. The van der Waals surface area contributed by atoms with Gasteiger partial charge in [-0.2, -0.15) is 13.2 Å². The van der Waals surface area contributed by atoms with Gasteiger partial charge in [-0.05, 0) is 49.4 Å². The van der Waals surface area contributed by atoms with Gasteiger partial charge in [0.25, 0.3) is 0 Å². The fourth-order valence-electron chi connectivity index (χ4n) is 4.24. The smallest absolute Gasteiger partial charge is 0.491 e. The number of nitrogens with two attached hydrogens (primary N) is 1. The van der Waals surface area contributed by atoms with Crippen LogP contribution in [0.4, 0.5) is 17.6 Å². The number of hydrogen-bond acceptors (Lipinski definition) is 10. The summed E-state index contributed by atoms with van der Waals surface area (Å²) in [5, 5.41) is 1.30. The first-order valence-corrected chi connectivity index (χ1v) is 14.7. The highest BCUT2D eigenvalue weighted by Gasteiger charge is 2.42. The molecule has 0 aliphatic carbocycles. The minimum atomic E-state index is -5.28. The summed E-state index contributed by atoms with van der Waals surface area (Å²) in [6.07, 6.45) is -4.28. The Balaban J connectivity index is 1.43. The maximum atomic E-state index is 14.6. The number of nitrogens with one attached hydrogen (secondary N) is 2. The molecule has 1 saturated heterocycles. The maximum absolute atomic E-state index is 14.6. The topological polar surface area (TPSA) is 180 Å². The van der Waals surface area contributed by atoms with E-state index in [1.807, 2.05) is 4.72 Å². The van der Waals surface area contributed by atoms with Crippen LogP contribution in [0.15, 0.2) is 36.4 Å². The van der Waals surface area contributed by atoms with Gasteiger partial charge in [0.15, 0.2) is 0 Å². The molecule has 2 aromatic rings. The summed E-state index contributed by atoms with van der Waals surface area (Å²) in [6.45, 7) is 0.263. The number of rotatable bonds is 13. The number of esters is 2. The molecule has 1 aliphatic rings. The molecule has 12 nitrogen and oxygen atoms in total. The van der Waals surface area contributed by atoms with E-state index in [1.54, 1.807) is 0 Å². The summed E-state index contributed by atoms with van der Waals surface area (Å²) >= 11 is 0. The van der Waals surface area contributed by atoms with E-state index in [1.165, 1.54) is 24.3 Å². The second kappa shape index (κ2) is 14.5. The minimum Gasteiger partial charge on any atom is -0.493 e. The summed E-state index contributed by atoms with van der Waals surface area (Å²) in [5.74, 6) is -6.48. The van der Waals surface area contributed by atoms with Crippen molar-refractivity contribution < 1.29 is 59.4 Å². The van der Waals surface area contributed by atoms with E-state index in [-0.39, 0.29) is 30.9 Å². The first-order chi connectivity index (χ1) is 20.6. The second-order valence-electron chi connectivity index (χ2n) is 9.64. The largest absolute Gasteiger partial charge is 0.493 e. The van der Waals surface area contributed by atoms with Gasteiger partial charge < -0.3 is 25.3 Å². The Hall–Kier alpha value is -4.25. The molecule has 1 unspecified atom stereocenters. The van der Waals surface area contributed by atoms with Crippen LogP contribution in [-0.2, 0) is 35.6 Å². The number of hydrogen-bond donors (Lipinski definition) is 3. The zero-order chi connectivity index (χ0) is 32.7. The van der Waals surface area contributed by atoms with Crippen molar-refractivity contribution in [2.45, 2.75) is 49.6 Å². The molecule has 0 bridgehead atoms. The molecule has 1 heterocycles. The molecule has 4 N–H and O–H groups in total. The summed E-state index contributed by atoms with van der Waals surface area (Å²) in [4.78, 5) is 47.2. The SMILES string of the molecule is COC(=O)c1c(OCCCCCNC(=O)[C@@H](N)Cc2ccc(C3CC(=O)NS3(=O)=O)c(F)c2)cccc1OC(=O)C(F)(F)F. The number of ether oxygens (including phenoxy) is 3. The monoisotopic (exact) mass is 647 g/mol. The van der Waals surface area contributed by atoms with E-state index < -0.39 is 74.8 Å². The lowest BCUT2D eigenvalue weighted by Gasteiger charge is -2.15. The van der Waals surface area contributed by atoms with Gasteiger partial charge in [-0.25, -0.2) is 22.4 Å². The highest BCUT2D eigenvalue weighted by Crippen LogP contribution is 2.33. The van der Waals surface area contributed by atoms with E-state index >= 15 is 0 Å². The van der Waals surface area contributed by atoms with E-state index in [2.05, 4.69) is 14.8 Å². The predicted octanol–water partition coefficient (Wildman–Crippen LogP) is 2.21. The van der Waals surface area contributed by atoms with Gasteiger partial charge in [-0.1, -0.05) is 18.2 Å². The average molecular weight is 648 g/mol. The van der Waals surface area contributed by atoms with Crippen LogP contribution in [-0.4, -0.2) is 64.7 Å². The second-order valence-corrected chi connectivity index (χ2v) is 11.5. The molecule has 44 heavy (non-hydrogen) atoms. The molecule has 17 heteroatoms. The normalized spacial score (nSPS) is 16.5. The lowest BCUT2D eigenvalue weighted by atomic mass is 10.0. The Morgan fingerprint density at radius 2 is 1.82 bits per heavy atom. The highest BCUT2D eigenvalue weighted by atomic mass is 32.2. The number of halogens is 4. The summed E-state index contributed by atoms with van der Waals surface area (Å²) < 4.78 is 92.7. The van der Waals surface area contributed by atoms with Crippen molar-refractivity contribution in [3.8, 4) is 11.5 Å². The standard InChI is InChI=1S/C27H29F4N3O9S/c1-41-25(37)23-19(6-5-7-20(23)43-26(38)27(29,30)31)42-11-4-2-3-10-33-24(36)18(32)13-15-8-9-16(17(28)12-15)21-14-22(35)34-44(21,39)40/h5-9,12,18,21H,2-4,10-11,13-14,32H2,1H3,(H,33,36)(H,34,35)/t18-,21?/m0/s1. The quantitative estimate of drug-likeness (QED) is 0.126. The van der Waals surface area contributed by atoms with Gasteiger partial charge in [0, 0.05) is 12.1 Å². The van der Waals surface area contributed by atoms with E-state index in [4.69, 9.17) is 10.5 Å². The third-order valence-electron chi connectivity index (χ3n) is 6.40. The van der Waals surface area contributed by atoms with Crippen LogP contribution in [0.2, 0.25) is 0 Å². The number of alkyl halides is 3. The molecule has 1 fully saturated rings. The number of benzene rings is 2. The van der Waals surface area contributed by atoms with Crippen molar-refractivity contribution in [1.29, 1.82) is 0 Å². The predicted molar refractivity (Wildman–Crippen MR) is 144 cm³/mol. The van der Waals surface area contributed by atoms with Gasteiger partial charge in [-0.15, -0.1) is 0 Å². The Morgan fingerprint density at radius 1 is 1.11 bits per heavy atom. The van der Waals surface area contributed by atoms with Crippen LogP contribution in [0.1, 0.15) is 52.4 Å². The molecule has 1 aliphatic heterocycles. The molecule has 240 valence electrons. The number of carbonyl (C=O) groups is 4. The molecule has 0 spiro atoms. The summed E-state index contributed by atoms with van der Waals surface area (Å²) in [5.41, 5.74) is 5.63. The van der Waals surface area contributed by atoms with Gasteiger partial charge in [0.05, 0.1) is 26.2 Å². The molecule has 2 amide bonds. The lowest BCUT2D eigenvalue weighted by Crippen LogP contribution is -2.42. The molecule has 0 aromatic heterocycles. The van der Waals surface area contributed by atoms with E-state index in [0.717, 1.165) is 19.2 Å². The van der Waals surface area contributed by atoms with Crippen molar-refractivity contribution in [2.24, 2.45) is 5.73 Å². The molecule has 2 aromatic carbocycles. The van der Waals surface area contributed by atoms with Crippen molar-refractivity contribution >= 4 is 33.8 Å². The molecule has 3 rings (SSSR count). The zero-order valence-electron chi connectivity index (χ0n) is 23.2. The molecular weight excluding hydrogens is 618 g/mol. The van der Waals surface area contributed by atoms with Crippen molar-refractivity contribution in [3.63, 3.8) is 0 Å². The van der Waals surface area contributed by atoms with Crippen LogP contribution in [0.5, 0.6) is 11.5 Å². The fourth-order valence-corrected chi connectivity index (χ4v) is 5.68. The molecule has 2 atom stereocenters. The Morgan fingerprint density at radius 3 is 2.43 bits per heavy atom. The zero-order valence-corrected chi connectivity index (χ0v) is 24.1. The van der Waals surface area contributed by atoms with Crippen molar-refractivity contribution in [1.82, 2.24) is 10.0 Å². The van der Waals surface area contributed by atoms with Crippen LogP contribution in [0.3, 0.4) is 0 Å².